The third-order valence-corrected chi connectivity index (χ3v) is 2.52. The number of ether oxygens (including phenoxy) is 1. The van der Waals surface area contributed by atoms with Gasteiger partial charge >= 0.3 is 0 Å². The first-order valence-electron chi connectivity index (χ1n) is 5.47. The van der Waals surface area contributed by atoms with Gasteiger partial charge < -0.3 is 16.2 Å². The van der Waals surface area contributed by atoms with Crippen LogP contribution in [-0.2, 0) is 0 Å². The summed E-state index contributed by atoms with van der Waals surface area (Å²) in [4.78, 5) is 10.9. The number of carbonyl (C=O) groups is 1. The Morgan fingerprint density at radius 3 is 2.32 bits per heavy atom. The van der Waals surface area contributed by atoms with Crippen molar-refractivity contribution in [3.8, 4) is 17.6 Å². The third-order valence-electron chi connectivity index (χ3n) is 2.52. The maximum Gasteiger partial charge on any atom is 0.248 e. The molecule has 0 aromatic heterocycles. The number of rotatable bonds is 3. The number of nitrogens with zero attached hydrogens (tertiary/aromatic N) is 1. The summed E-state index contributed by atoms with van der Waals surface area (Å²) in [5.41, 5.74) is 11.9. The Morgan fingerprint density at radius 2 is 1.74 bits per heavy atom. The Morgan fingerprint density at radius 1 is 1.11 bits per heavy atom. The summed E-state index contributed by atoms with van der Waals surface area (Å²) in [5.74, 6) is 0.544. The molecule has 0 fully saturated rings. The number of nitrogen functional groups attached to an aromatic ring is 1. The maximum atomic E-state index is 10.9. The number of anilines is 1. The molecule has 94 valence electrons. The Kier molecular flexibility index (Phi) is 3.35. The van der Waals surface area contributed by atoms with Crippen LogP contribution in [0.25, 0.3) is 0 Å². The highest BCUT2D eigenvalue weighted by Gasteiger charge is 2.04. The van der Waals surface area contributed by atoms with Crippen molar-refractivity contribution >= 4 is 11.6 Å². The summed E-state index contributed by atoms with van der Waals surface area (Å²) in [6, 6.07) is 13.2. The van der Waals surface area contributed by atoms with E-state index in [0.29, 0.717) is 28.3 Å². The number of amides is 1. The molecular weight excluding hydrogens is 242 g/mol. The number of hydrogen-bond acceptors (Lipinski definition) is 4. The smallest absolute Gasteiger partial charge is 0.248 e. The summed E-state index contributed by atoms with van der Waals surface area (Å²) in [5, 5.41) is 8.87. The van der Waals surface area contributed by atoms with Crippen LogP contribution in [0.1, 0.15) is 15.9 Å². The minimum Gasteiger partial charge on any atom is -0.457 e. The first kappa shape index (κ1) is 12.5. The van der Waals surface area contributed by atoms with Gasteiger partial charge in [-0.3, -0.25) is 4.79 Å². The highest BCUT2D eigenvalue weighted by Crippen LogP contribution is 2.24. The predicted molar refractivity (Wildman–Crippen MR) is 70.6 cm³/mol. The normalized spacial score (nSPS) is 9.63. The zero-order chi connectivity index (χ0) is 13.8. The van der Waals surface area contributed by atoms with Crippen molar-refractivity contribution in [2.45, 2.75) is 0 Å². The lowest BCUT2D eigenvalue weighted by atomic mass is 10.2. The zero-order valence-electron chi connectivity index (χ0n) is 9.96. The lowest BCUT2D eigenvalue weighted by molar-refractivity contribution is 0.100. The van der Waals surface area contributed by atoms with Crippen LogP contribution < -0.4 is 16.2 Å². The fraction of sp³-hybridized carbons (Fsp3) is 0. The number of carbonyl (C=O) groups excluding carboxylic acids is 1. The third kappa shape index (κ3) is 2.82. The molecule has 2 aromatic rings. The van der Waals surface area contributed by atoms with Crippen LogP contribution in [0.15, 0.2) is 42.5 Å². The molecule has 0 spiro atoms. The lowest BCUT2D eigenvalue weighted by Gasteiger charge is -2.07. The lowest BCUT2D eigenvalue weighted by Crippen LogP contribution is -2.10. The van der Waals surface area contributed by atoms with Crippen molar-refractivity contribution in [2.75, 3.05) is 5.73 Å². The summed E-state index contributed by atoms with van der Waals surface area (Å²) >= 11 is 0. The van der Waals surface area contributed by atoms with Gasteiger partial charge in [0.25, 0.3) is 0 Å². The molecule has 0 aliphatic rings. The van der Waals surface area contributed by atoms with E-state index in [1.54, 1.807) is 42.5 Å². The summed E-state index contributed by atoms with van der Waals surface area (Å²) in [6.45, 7) is 0. The summed E-state index contributed by atoms with van der Waals surface area (Å²) < 4.78 is 5.55. The number of nitrogens with two attached hydrogens (primary N) is 2. The van der Waals surface area contributed by atoms with Gasteiger partial charge in [-0.1, -0.05) is 0 Å². The second kappa shape index (κ2) is 5.10. The van der Waals surface area contributed by atoms with Gasteiger partial charge in [0.2, 0.25) is 5.91 Å². The quantitative estimate of drug-likeness (QED) is 0.817. The van der Waals surface area contributed by atoms with Crippen LogP contribution in [-0.4, -0.2) is 5.91 Å². The zero-order valence-corrected chi connectivity index (χ0v) is 9.96. The van der Waals surface area contributed by atoms with Crippen LogP contribution >= 0.6 is 0 Å². The second-order valence-corrected chi connectivity index (χ2v) is 3.85. The van der Waals surface area contributed by atoms with Crippen molar-refractivity contribution in [2.24, 2.45) is 5.73 Å². The molecule has 2 aromatic carbocycles. The Labute approximate surface area is 110 Å². The molecule has 4 N–H and O–H groups in total. The van der Waals surface area contributed by atoms with E-state index in [1.165, 1.54) is 0 Å². The van der Waals surface area contributed by atoms with Gasteiger partial charge in [-0.2, -0.15) is 5.26 Å². The van der Waals surface area contributed by atoms with Crippen LogP contribution in [0.4, 0.5) is 5.69 Å². The molecule has 0 saturated heterocycles. The maximum absolute atomic E-state index is 10.9. The van der Waals surface area contributed by atoms with E-state index in [-0.39, 0.29) is 0 Å². The molecule has 0 unspecified atom stereocenters. The Bertz CT molecular complexity index is 657. The van der Waals surface area contributed by atoms with E-state index in [9.17, 15) is 4.79 Å². The summed E-state index contributed by atoms with van der Waals surface area (Å²) in [7, 11) is 0. The molecule has 0 saturated carbocycles. The SMILES string of the molecule is N#Cc1cc(Oc2ccc(C(N)=O)cc2)ccc1N. The molecule has 1 amide bonds. The van der Waals surface area contributed by atoms with Crippen molar-refractivity contribution in [3.05, 3.63) is 53.6 Å². The van der Waals surface area contributed by atoms with Crippen LogP contribution in [0.2, 0.25) is 0 Å². The van der Waals surface area contributed by atoms with E-state index in [4.69, 9.17) is 21.5 Å². The topological polar surface area (TPSA) is 102 Å². The van der Waals surface area contributed by atoms with Gasteiger partial charge in [0.05, 0.1) is 5.56 Å². The first-order chi connectivity index (χ1) is 9.10. The van der Waals surface area contributed by atoms with E-state index in [2.05, 4.69) is 0 Å². The fourth-order valence-electron chi connectivity index (χ4n) is 1.52. The average Bonchev–Trinajstić information content (AvgIpc) is 2.41. The molecule has 0 aliphatic heterocycles. The average molecular weight is 253 g/mol. The number of benzene rings is 2. The van der Waals surface area contributed by atoms with Gasteiger partial charge in [0.1, 0.15) is 17.6 Å². The van der Waals surface area contributed by atoms with Gasteiger partial charge in [-0.25, -0.2) is 0 Å². The van der Waals surface area contributed by atoms with Gasteiger partial charge in [-0.15, -0.1) is 0 Å². The molecule has 0 aliphatic carbocycles. The van der Waals surface area contributed by atoms with Crippen molar-refractivity contribution in [3.63, 3.8) is 0 Å². The van der Waals surface area contributed by atoms with Gasteiger partial charge in [0.15, 0.2) is 0 Å². The van der Waals surface area contributed by atoms with Crippen molar-refractivity contribution in [1.29, 1.82) is 5.26 Å². The molecule has 2 rings (SSSR count). The van der Waals surface area contributed by atoms with Crippen molar-refractivity contribution in [1.82, 2.24) is 0 Å². The minimum absolute atomic E-state index is 0.353. The van der Waals surface area contributed by atoms with Crippen LogP contribution in [0.3, 0.4) is 0 Å². The monoisotopic (exact) mass is 253 g/mol. The van der Waals surface area contributed by atoms with E-state index in [0.717, 1.165) is 0 Å². The predicted octanol–water partition coefficient (Wildman–Crippen LogP) is 2.03. The number of nitriles is 1. The highest BCUT2D eigenvalue weighted by atomic mass is 16.5. The Balaban J connectivity index is 2.22. The molecular formula is C14H11N3O2. The Hall–Kier alpha value is -3.00. The fourth-order valence-corrected chi connectivity index (χ4v) is 1.52. The van der Waals surface area contributed by atoms with Gasteiger partial charge in [0, 0.05) is 17.3 Å². The largest absolute Gasteiger partial charge is 0.457 e. The molecule has 5 nitrogen and oxygen atoms in total. The van der Waals surface area contributed by atoms with Gasteiger partial charge in [-0.05, 0) is 36.4 Å². The van der Waals surface area contributed by atoms with E-state index >= 15 is 0 Å². The van der Waals surface area contributed by atoms with E-state index in [1.807, 2.05) is 6.07 Å². The number of primary amides is 1. The minimum atomic E-state index is -0.495. The molecule has 0 bridgehead atoms. The second-order valence-electron chi connectivity index (χ2n) is 3.85. The number of hydrogen-bond donors (Lipinski definition) is 2. The molecule has 0 atom stereocenters. The summed E-state index contributed by atoms with van der Waals surface area (Å²) in [6.07, 6.45) is 0. The highest BCUT2D eigenvalue weighted by molar-refractivity contribution is 5.92. The van der Waals surface area contributed by atoms with Crippen LogP contribution in [0, 0.1) is 11.3 Å². The first-order valence-corrected chi connectivity index (χ1v) is 5.47. The van der Waals surface area contributed by atoms with E-state index < -0.39 is 5.91 Å². The van der Waals surface area contributed by atoms with Crippen LogP contribution in [0.5, 0.6) is 11.5 Å². The molecule has 0 radical (unpaired) electrons. The molecule has 5 heteroatoms. The standard InChI is InChI=1S/C14H11N3O2/c15-8-10-7-12(5-6-13(10)16)19-11-3-1-9(2-4-11)14(17)18/h1-7H,16H2,(H2,17,18). The molecule has 19 heavy (non-hydrogen) atoms. The van der Waals surface area contributed by atoms with Crippen molar-refractivity contribution < 1.29 is 9.53 Å². The molecule has 0 heterocycles.